The van der Waals surface area contributed by atoms with Crippen molar-refractivity contribution >= 4 is 26.1 Å². The first-order valence-electron chi connectivity index (χ1n) is 6.20. The molecule has 5 heteroatoms. The third-order valence-electron chi connectivity index (χ3n) is 3.06. The average Bonchev–Trinajstić information content (AvgIpc) is 2.97. The van der Waals surface area contributed by atoms with Crippen molar-refractivity contribution in [3.8, 4) is 17.2 Å². The molecule has 1 saturated heterocycles. The maximum absolute atomic E-state index is 11.1. The number of methoxy groups -OCH3 is 2. The summed E-state index contributed by atoms with van der Waals surface area (Å²) in [5.41, 5.74) is 0.428. The van der Waals surface area contributed by atoms with Crippen molar-refractivity contribution in [2.45, 2.75) is 12.8 Å². The van der Waals surface area contributed by atoms with Crippen LogP contribution in [-0.2, 0) is 0 Å². The molecule has 0 aliphatic carbocycles. The summed E-state index contributed by atoms with van der Waals surface area (Å²) in [4.78, 5) is 11.1. The SMILES string of the molecule is COc1cc(OCI2CCCC2)cc(OC)c1C=O. The number of halogens is 1. The Morgan fingerprint density at radius 3 is 2.21 bits per heavy atom. The first-order valence-corrected chi connectivity index (χ1v) is 10.8. The minimum atomic E-state index is -0.864. The van der Waals surface area contributed by atoms with Gasteiger partial charge in [0.15, 0.2) is 0 Å². The van der Waals surface area contributed by atoms with E-state index < -0.39 is 19.8 Å². The van der Waals surface area contributed by atoms with E-state index in [1.165, 1.54) is 21.7 Å². The molecule has 19 heavy (non-hydrogen) atoms. The van der Waals surface area contributed by atoms with Crippen LogP contribution in [0.1, 0.15) is 23.2 Å². The second kappa shape index (κ2) is 6.98. The fourth-order valence-corrected chi connectivity index (χ4v) is 7.22. The van der Waals surface area contributed by atoms with Gasteiger partial charge in [-0.2, -0.15) is 0 Å². The zero-order valence-corrected chi connectivity index (χ0v) is 13.4. The standard InChI is InChI=1S/C14H19IO4/c1-17-13-7-11(8-14(18-2)12(13)9-16)19-10-15-5-3-4-6-15/h7-9H,3-6,10H2,1-2H3. The summed E-state index contributed by atoms with van der Waals surface area (Å²) in [7, 11) is 3.08. The van der Waals surface area contributed by atoms with Crippen LogP contribution in [0.25, 0.3) is 0 Å². The van der Waals surface area contributed by atoms with Crippen molar-refractivity contribution in [2.75, 3.05) is 27.7 Å². The number of carbonyl (C=O) groups excluding carboxylic acids is 1. The summed E-state index contributed by atoms with van der Waals surface area (Å²) < 4.78 is 20.0. The monoisotopic (exact) mass is 378 g/mol. The van der Waals surface area contributed by atoms with E-state index in [1.807, 2.05) is 0 Å². The molecule has 0 spiro atoms. The summed E-state index contributed by atoms with van der Waals surface area (Å²) in [6.45, 7) is 0. The van der Waals surface area contributed by atoms with Crippen LogP contribution in [0, 0.1) is 0 Å². The summed E-state index contributed by atoms with van der Waals surface area (Å²) >= 11 is -0.864. The Balaban J connectivity index is 2.13. The van der Waals surface area contributed by atoms with E-state index in [4.69, 9.17) is 14.2 Å². The quantitative estimate of drug-likeness (QED) is 0.434. The predicted octanol–water partition coefficient (Wildman–Crippen LogP) is 3.15. The Kier molecular flexibility index (Phi) is 5.30. The van der Waals surface area contributed by atoms with E-state index in [9.17, 15) is 4.79 Å². The Labute approximate surface area is 120 Å². The van der Waals surface area contributed by atoms with E-state index in [2.05, 4.69) is 0 Å². The molecule has 106 valence electrons. The summed E-state index contributed by atoms with van der Waals surface area (Å²) in [5, 5.41) is 0. The van der Waals surface area contributed by atoms with E-state index in [0.29, 0.717) is 17.1 Å². The van der Waals surface area contributed by atoms with Crippen LogP contribution in [0.5, 0.6) is 17.2 Å². The van der Waals surface area contributed by atoms with Gasteiger partial charge in [-0.3, -0.25) is 0 Å². The van der Waals surface area contributed by atoms with E-state index in [-0.39, 0.29) is 0 Å². The second-order valence-corrected chi connectivity index (χ2v) is 10.3. The zero-order valence-electron chi connectivity index (χ0n) is 11.3. The number of aldehydes is 1. The summed E-state index contributed by atoms with van der Waals surface area (Å²) in [6, 6.07) is 3.52. The van der Waals surface area contributed by atoms with Gasteiger partial charge in [-0.25, -0.2) is 0 Å². The molecule has 0 saturated carbocycles. The van der Waals surface area contributed by atoms with Gasteiger partial charge in [0.1, 0.15) is 0 Å². The number of hydrogen-bond donors (Lipinski definition) is 0. The van der Waals surface area contributed by atoms with Crippen LogP contribution in [0.2, 0.25) is 0 Å². The molecule has 0 radical (unpaired) electrons. The van der Waals surface area contributed by atoms with Crippen molar-refractivity contribution < 1.29 is 19.0 Å². The maximum atomic E-state index is 11.1. The fourth-order valence-electron chi connectivity index (χ4n) is 2.02. The normalized spacial score (nSPS) is 16.2. The summed E-state index contributed by atoms with van der Waals surface area (Å²) in [5.74, 6) is 1.72. The molecule has 1 aromatic rings. The van der Waals surface area contributed by atoms with Crippen molar-refractivity contribution in [1.29, 1.82) is 0 Å². The Bertz CT molecular complexity index is 416. The van der Waals surface area contributed by atoms with Crippen molar-refractivity contribution in [1.82, 2.24) is 0 Å². The zero-order chi connectivity index (χ0) is 13.7. The first-order chi connectivity index (χ1) is 9.28. The molecule has 1 aromatic carbocycles. The Hall–Kier alpha value is -0.980. The van der Waals surface area contributed by atoms with Crippen LogP contribution < -0.4 is 14.2 Å². The van der Waals surface area contributed by atoms with Crippen molar-refractivity contribution in [3.63, 3.8) is 0 Å². The molecular formula is C14H19IO4. The molecule has 1 aliphatic heterocycles. The van der Waals surface area contributed by atoms with Crippen LogP contribution in [0.3, 0.4) is 0 Å². The molecule has 0 aromatic heterocycles. The molecule has 0 N–H and O–H groups in total. The van der Waals surface area contributed by atoms with Gasteiger partial charge in [0.2, 0.25) is 0 Å². The third-order valence-corrected chi connectivity index (χ3v) is 8.83. The molecule has 1 fully saturated rings. The summed E-state index contributed by atoms with van der Waals surface area (Å²) in [6.07, 6.45) is 3.48. The number of carbonyl (C=O) groups is 1. The van der Waals surface area contributed by atoms with Gasteiger partial charge in [0, 0.05) is 0 Å². The topological polar surface area (TPSA) is 44.8 Å². The molecule has 2 rings (SSSR count). The molecule has 0 bridgehead atoms. The first kappa shape index (κ1) is 14.4. The van der Waals surface area contributed by atoms with Crippen LogP contribution >= 0.6 is 19.8 Å². The molecule has 4 nitrogen and oxygen atoms in total. The average molecular weight is 378 g/mol. The predicted molar refractivity (Wildman–Crippen MR) is 83.4 cm³/mol. The van der Waals surface area contributed by atoms with E-state index >= 15 is 0 Å². The molecule has 1 aliphatic rings. The van der Waals surface area contributed by atoms with E-state index in [0.717, 1.165) is 16.6 Å². The Morgan fingerprint density at radius 2 is 1.74 bits per heavy atom. The van der Waals surface area contributed by atoms with Gasteiger partial charge in [-0.1, -0.05) is 0 Å². The molecule has 1 heterocycles. The number of hydrogen-bond acceptors (Lipinski definition) is 4. The number of benzene rings is 1. The second-order valence-electron chi connectivity index (χ2n) is 4.26. The van der Waals surface area contributed by atoms with Gasteiger partial charge >= 0.3 is 121 Å². The Morgan fingerprint density at radius 1 is 1.16 bits per heavy atom. The number of ether oxygens (including phenoxy) is 3. The molecule has 0 unspecified atom stereocenters. The molecular weight excluding hydrogens is 359 g/mol. The molecule has 0 amide bonds. The minimum absolute atomic E-state index is 0.428. The van der Waals surface area contributed by atoms with Crippen LogP contribution in [-0.4, -0.2) is 34.0 Å². The van der Waals surface area contributed by atoms with Crippen molar-refractivity contribution in [3.05, 3.63) is 17.7 Å². The van der Waals surface area contributed by atoms with Gasteiger partial charge in [-0.15, -0.1) is 0 Å². The van der Waals surface area contributed by atoms with Gasteiger partial charge in [0.25, 0.3) is 0 Å². The number of alkyl halides is 3. The van der Waals surface area contributed by atoms with Crippen LogP contribution in [0.4, 0.5) is 0 Å². The number of rotatable bonds is 6. The fraction of sp³-hybridized carbons (Fsp3) is 0.500. The van der Waals surface area contributed by atoms with Crippen molar-refractivity contribution in [2.24, 2.45) is 0 Å². The third kappa shape index (κ3) is 3.52. The van der Waals surface area contributed by atoms with Gasteiger partial charge < -0.3 is 0 Å². The molecule has 0 atom stereocenters. The van der Waals surface area contributed by atoms with E-state index in [1.54, 1.807) is 26.4 Å². The van der Waals surface area contributed by atoms with Gasteiger partial charge in [-0.05, 0) is 0 Å². The van der Waals surface area contributed by atoms with Gasteiger partial charge in [0.05, 0.1) is 0 Å². The van der Waals surface area contributed by atoms with Crippen LogP contribution in [0.15, 0.2) is 12.1 Å².